The van der Waals surface area contributed by atoms with Gasteiger partial charge in [0, 0.05) is 30.4 Å². The topological polar surface area (TPSA) is 41.6 Å². The number of ether oxygens (including phenoxy) is 1. The number of morpholine rings is 1. The quantitative estimate of drug-likeness (QED) is 0.903. The summed E-state index contributed by atoms with van der Waals surface area (Å²) < 4.78 is 5.33. The SMILES string of the molecule is CCC(C)NC(=O)c1ccc(N2CCOCC2)cc1. The van der Waals surface area contributed by atoms with Gasteiger partial charge in [-0.25, -0.2) is 0 Å². The Kier molecular flexibility index (Phi) is 4.80. The maximum atomic E-state index is 12.0. The lowest BCUT2D eigenvalue weighted by molar-refractivity contribution is 0.0939. The average Bonchev–Trinajstić information content (AvgIpc) is 2.48. The minimum Gasteiger partial charge on any atom is -0.378 e. The Morgan fingerprint density at radius 2 is 1.95 bits per heavy atom. The van der Waals surface area contributed by atoms with Crippen LogP contribution in [-0.2, 0) is 4.74 Å². The van der Waals surface area contributed by atoms with Crippen LogP contribution in [0.4, 0.5) is 5.69 Å². The Bertz CT molecular complexity index is 411. The highest BCUT2D eigenvalue weighted by Crippen LogP contribution is 2.16. The third-order valence-corrected chi connectivity index (χ3v) is 3.50. The van der Waals surface area contributed by atoms with E-state index in [1.165, 1.54) is 0 Å². The van der Waals surface area contributed by atoms with E-state index in [2.05, 4.69) is 17.1 Å². The van der Waals surface area contributed by atoms with Gasteiger partial charge >= 0.3 is 0 Å². The minimum atomic E-state index is 0.00266. The van der Waals surface area contributed by atoms with Gasteiger partial charge in [0.1, 0.15) is 0 Å². The van der Waals surface area contributed by atoms with E-state index in [9.17, 15) is 4.79 Å². The molecule has 1 atom stereocenters. The zero-order valence-electron chi connectivity index (χ0n) is 11.7. The Morgan fingerprint density at radius 3 is 2.53 bits per heavy atom. The standard InChI is InChI=1S/C15H22N2O2/c1-3-12(2)16-15(18)13-4-6-14(7-5-13)17-8-10-19-11-9-17/h4-7,12H,3,8-11H2,1-2H3,(H,16,18). The number of nitrogens with one attached hydrogen (secondary N) is 1. The molecule has 1 aliphatic heterocycles. The molecule has 1 N–H and O–H groups in total. The van der Waals surface area contributed by atoms with Gasteiger partial charge in [0.15, 0.2) is 0 Å². The average molecular weight is 262 g/mol. The molecule has 2 rings (SSSR count). The third-order valence-electron chi connectivity index (χ3n) is 3.50. The second kappa shape index (κ2) is 6.57. The van der Waals surface area contributed by atoms with Gasteiger partial charge in [-0.2, -0.15) is 0 Å². The van der Waals surface area contributed by atoms with Gasteiger partial charge in [-0.05, 0) is 37.6 Å². The number of carbonyl (C=O) groups is 1. The van der Waals surface area contributed by atoms with Crippen molar-refractivity contribution in [3.05, 3.63) is 29.8 Å². The summed E-state index contributed by atoms with van der Waals surface area (Å²) in [6.45, 7) is 7.45. The molecule has 104 valence electrons. The maximum absolute atomic E-state index is 12.0. The van der Waals surface area contributed by atoms with Crippen molar-refractivity contribution in [1.82, 2.24) is 5.32 Å². The Morgan fingerprint density at radius 1 is 1.32 bits per heavy atom. The zero-order chi connectivity index (χ0) is 13.7. The van der Waals surface area contributed by atoms with Gasteiger partial charge in [-0.3, -0.25) is 4.79 Å². The van der Waals surface area contributed by atoms with E-state index in [-0.39, 0.29) is 11.9 Å². The van der Waals surface area contributed by atoms with Gasteiger partial charge < -0.3 is 15.0 Å². The fourth-order valence-electron chi connectivity index (χ4n) is 2.05. The lowest BCUT2D eigenvalue weighted by Crippen LogP contribution is -2.36. The summed E-state index contributed by atoms with van der Waals surface area (Å²) in [5, 5.41) is 2.97. The number of amides is 1. The normalized spacial score (nSPS) is 17.1. The molecule has 0 saturated carbocycles. The first-order valence-corrected chi connectivity index (χ1v) is 6.94. The molecule has 1 fully saturated rings. The predicted octanol–water partition coefficient (Wildman–Crippen LogP) is 2.05. The molecular weight excluding hydrogens is 240 g/mol. The molecule has 4 nitrogen and oxygen atoms in total. The fourth-order valence-corrected chi connectivity index (χ4v) is 2.05. The Hall–Kier alpha value is -1.55. The van der Waals surface area contributed by atoms with Crippen LogP contribution >= 0.6 is 0 Å². The molecule has 0 bridgehead atoms. The molecule has 0 radical (unpaired) electrons. The van der Waals surface area contributed by atoms with Crippen molar-refractivity contribution >= 4 is 11.6 Å². The number of hydrogen-bond donors (Lipinski definition) is 1. The van der Waals surface area contributed by atoms with Crippen LogP contribution in [0.2, 0.25) is 0 Å². The monoisotopic (exact) mass is 262 g/mol. The molecule has 0 aromatic heterocycles. The maximum Gasteiger partial charge on any atom is 0.251 e. The van der Waals surface area contributed by atoms with E-state index in [0.717, 1.165) is 44.0 Å². The number of hydrogen-bond acceptors (Lipinski definition) is 3. The van der Waals surface area contributed by atoms with Crippen LogP contribution in [0.1, 0.15) is 30.6 Å². The Labute approximate surface area is 114 Å². The van der Waals surface area contributed by atoms with E-state index in [1.54, 1.807) is 0 Å². The van der Waals surface area contributed by atoms with Gasteiger partial charge in [0.25, 0.3) is 5.91 Å². The van der Waals surface area contributed by atoms with Crippen molar-refractivity contribution in [2.75, 3.05) is 31.2 Å². The molecule has 1 unspecified atom stereocenters. The van der Waals surface area contributed by atoms with E-state index in [0.29, 0.717) is 0 Å². The highest BCUT2D eigenvalue weighted by molar-refractivity contribution is 5.94. The summed E-state index contributed by atoms with van der Waals surface area (Å²) in [6, 6.07) is 8.02. The molecule has 0 aliphatic carbocycles. The summed E-state index contributed by atoms with van der Waals surface area (Å²) in [7, 11) is 0. The van der Waals surface area contributed by atoms with Crippen molar-refractivity contribution in [2.45, 2.75) is 26.3 Å². The summed E-state index contributed by atoms with van der Waals surface area (Å²) in [5.41, 5.74) is 1.88. The van der Waals surface area contributed by atoms with Gasteiger partial charge in [0.05, 0.1) is 13.2 Å². The molecule has 19 heavy (non-hydrogen) atoms. The highest BCUT2D eigenvalue weighted by atomic mass is 16.5. The van der Waals surface area contributed by atoms with E-state index < -0.39 is 0 Å². The highest BCUT2D eigenvalue weighted by Gasteiger charge is 2.12. The van der Waals surface area contributed by atoms with Crippen LogP contribution in [0.5, 0.6) is 0 Å². The van der Waals surface area contributed by atoms with Crippen LogP contribution in [0.25, 0.3) is 0 Å². The molecule has 1 heterocycles. The van der Waals surface area contributed by atoms with E-state index >= 15 is 0 Å². The van der Waals surface area contributed by atoms with Crippen molar-refractivity contribution in [3.8, 4) is 0 Å². The van der Waals surface area contributed by atoms with Crippen LogP contribution in [0.15, 0.2) is 24.3 Å². The van der Waals surface area contributed by atoms with E-state index in [1.807, 2.05) is 31.2 Å². The first kappa shape index (κ1) is 13.9. The smallest absolute Gasteiger partial charge is 0.251 e. The summed E-state index contributed by atoms with van der Waals surface area (Å²) >= 11 is 0. The first-order chi connectivity index (χ1) is 9.20. The first-order valence-electron chi connectivity index (χ1n) is 6.94. The van der Waals surface area contributed by atoms with Crippen LogP contribution < -0.4 is 10.2 Å². The molecule has 1 aliphatic rings. The van der Waals surface area contributed by atoms with Gasteiger partial charge in [-0.1, -0.05) is 6.92 Å². The summed E-state index contributed by atoms with van der Waals surface area (Å²) in [5.74, 6) is 0.00266. The van der Waals surface area contributed by atoms with Gasteiger partial charge in [0.2, 0.25) is 0 Å². The molecule has 1 aromatic rings. The van der Waals surface area contributed by atoms with Crippen molar-refractivity contribution < 1.29 is 9.53 Å². The lowest BCUT2D eigenvalue weighted by atomic mass is 10.1. The second-order valence-electron chi connectivity index (χ2n) is 4.93. The Balaban J connectivity index is 1.99. The lowest BCUT2D eigenvalue weighted by Gasteiger charge is -2.28. The number of anilines is 1. The van der Waals surface area contributed by atoms with Crippen LogP contribution in [0, 0.1) is 0 Å². The van der Waals surface area contributed by atoms with E-state index in [4.69, 9.17) is 4.74 Å². The number of nitrogens with zero attached hydrogens (tertiary/aromatic N) is 1. The summed E-state index contributed by atoms with van der Waals surface area (Å²) in [6.07, 6.45) is 0.942. The zero-order valence-corrected chi connectivity index (χ0v) is 11.7. The summed E-state index contributed by atoms with van der Waals surface area (Å²) in [4.78, 5) is 14.2. The molecule has 1 saturated heterocycles. The largest absolute Gasteiger partial charge is 0.378 e. The van der Waals surface area contributed by atoms with Crippen LogP contribution in [-0.4, -0.2) is 38.3 Å². The van der Waals surface area contributed by atoms with Crippen molar-refractivity contribution in [1.29, 1.82) is 0 Å². The molecule has 1 aromatic carbocycles. The van der Waals surface area contributed by atoms with Crippen molar-refractivity contribution in [3.63, 3.8) is 0 Å². The number of benzene rings is 1. The van der Waals surface area contributed by atoms with Crippen molar-refractivity contribution in [2.24, 2.45) is 0 Å². The predicted molar refractivity (Wildman–Crippen MR) is 76.7 cm³/mol. The molecule has 1 amide bonds. The second-order valence-corrected chi connectivity index (χ2v) is 4.93. The van der Waals surface area contributed by atoms with Gasteiger partial charge in [-0.15, -0.1) is 0 Å². The number of carbonyl (C=O) groups excluding carboxylic acids is 1. The minimum absolute atomic E-state index is 0.00266. The third kappa shape index (κ3) is 3.70. The molecule has 0 spiro atoms. The fraction of sp³-hybridized carbons (Fsp3) is 0.533. The molecule has 4 heteroatoms. The molecular formula is C15H22N2O2. The van der Waals surface area contributed by atoms with Crippen LogP contribution in [0.3, 0.4) is 0 Å². The number of rotatable bonds is 4.